The maximum atomic E-state index is 3.66. The van der Waals surface area contributed by atoms with Crippen molar-refractivity contribution in [2.24, 2.45) is 0 Å². The molecule has 0 radical (unpaired) electrons. The largest absolute Gasteiger partial charge is 0.382 e. The molecule has 0 saturated carbocycles. The molecule has 0 fully saturated rings. The molecule has 2 nitrogen and oxygen atoms in total. The van der Waals surface area contributed by atoms with Gasteiger partial charge in [0.1, 0.15) is 0 Å². The van der Waals surface area contributed by atoms with Crippen molar-refractivity contribution in [2.45, 2.75) is 45.1 Å². The van der Waals surface area contributed by atoms with E-state index < -0.39 is 0 Å². The molecular formula is C15H24N2. The lowest BCUT2D eigenvalue weighted by molar-refractivity contribution is 0.567. The maximum absolute atomic E-state index is 3.66. The lowest BCUT2D eigenvalue weighted by Gasteiger charge is -2.28. The van der Waals surface area contributed by atoms with Gasteiger partial charge in [-0.15, -0.1) is 0 Å². The lowest BCUT2D eigenvalue weighted by atomic mass is 9.92. The summed E-state index contributed by atoms with van der Waals surface area (Å²) in [7, 11) is 2.02. The van der Waals surface area contributed by atoms with Gasteiger partial charge in [0.15, 0.2) is 0 Å². The number of hydrogen-bond donors (Lipinski definition) is 2. The summed E-state index contributed by atoms with van der Waals surface area (Å²) in [5.74, 6) is 0.627. The average Bonchev–Trinajstić information content (AvgIpc) is 2.35. The van der Waals surface area contributed by atoms with Crippen molar-refractivity contribution in [3.8, 4) is 0 Å². The van der Waals surface area contributed by atoms with E-state index in [1.165, 1.54) is 36.1 Å². The van der Waals surface area contributed by atoms with Crippen LogP contribution in [0.5, 0.6) is 0 Å². The fourth-order valence-electron chi connectivity index (χ4n) is 2.48. The Labute approximate surface area is 105 Å². The third-order valence-corrected chi connectivity index (χ3v) is 3.66. The Hall–Kier alpha value is -1.02. The monoisotopic (exact) mass is 232 g/mol. The first-order valence-corrected chi connectivity index (χ1v) is 6.74. The van der Waals surface area contributed by atoms with Gasteiger partial charge in [-0.1, -0.05) is 26.0 Å². The molecule has 2 heteroatoms. The van der Waals surface area contributed by atoms with Gasteiger partial charge < -0.3 is 10.6 Å². The smallest absolute Gasteiger partial charge is 0.0375 e. The highest BCUT2D eigenvalue weighted by Gasteiger charge is 2.17. The second-order valence-corrected chi connectivity index (χ2v) is 5.34. The molecule has 2 rings (SSSR count). The van der Waals surface area contributed by atoms with Crippen LogP contribution in [0.2, 0.25) is 0 Å². The zero-order chi connectivity index (χ0) is 12.3. The molecule has 1 heterocycles. The first kappa shape index (κ1) is 12.4. The van der Waals surface area contributed by atoms with Gasteiger partial charge in [-0.25, -0.2) is 0 Å². The summed E-state index contributed by atoms with van der Waals surface area (Å²) in [6.45, 7) is 5.61. The summed E-state index contributed by atoms with van der Waals surface area (Å²) in [5.41, 5.74) is 4.30. The number of nitrogens with one attached hydrogen (secondary N) is 2. The number of aryl methyl sites for hydroxylation is 1. The summed E-state index contributed by atoms with van der Waals surface area (Å²) in [6.07, 6.45) is 3.69. The molecule has 2 N–H and O–H groups in total. The van der Waals surface area contributed by atoms with Gasteiger partial charge in [-0.3, -0.25) is 0 Å². The van der Waals surface area contributed by atoms with Gasteiger partial charge >= 0.3 is 0 Å². The molecular weight excluding hydrogens is 208 g/mol. The Kier molecular flexibility index (Phi) is 4.06. The number of fused-ring (bicyclic) bond motifs is 1. The van der Waals surface area contributed by atoms with E-state index in [0.29, 0.717) is 12.0 Å². The number of anilines is 1. The van der Waals surface area contributed by atoms with Crippen LogP contribution < -0.4 is 10.6 Å². The van der Waals surface area contributed by atoms with Crippen LogP contribution in [0.3, 0.4) is 0 Å². The first-order chi connectivity index (χ1) is 8.20. The summed E-state index contributed by atoms with van der Waals surface area (Å²) < 4.78 is 0. The third kappa shape index (κ3) is 3.01. The van der Waals surface area contributed by atoms with E-state index in [-0.39, 0.29) is 0 Å². The first-order valence-electron chi connectivity index (χ1n) is 6.74. The quantitative estimate of drug-likeness (QED) is 0.833. The highest BCUT2D eigenvalue weighted by Crippen LogP contribution is 2.28. The lowest BCUT2D eigenvalue weighted by Crippen LogP contribution is -2.28. The molecule has 0 spiro atoms. The van der Waals surface area contributed by atoms with Crippen LogP contribution in [0.15, 0.2) is 18.2 Å². The van der Waals surface area contributed by atoms with Gasteiger partial charge in [0.25, 0.3) is 0 Å². The van der Waals surface area contributed by atoms with Crippen LogP contribution in [0.25, 0.3) is 0 Å². The summed E-state index contributed by atoms with van der Waals surface area (Å²) >= 11 is 0. The molecule has 94 valence electrons. The SMILES string of the molecule is CNCCC1CCc2cc(C(C)C)ccc2N1. The molecule has 1 aliphatic heterocycles. The van der Waals surface area contributed by atoms with Crippen molar-refractivity contribution >= 4 is 5.69 Å². The molecule has 1 aliphatic rings. The van der Waals surface area contributed by atoms with Crippen molar-refractivity contribution in [2.75, 3.05) is 18.9 Å². The van der Waals surface area contributed by atoms with E-state index in [0.717, 1.165) is 6.54 Å². The van der Waals surface area contributed by atoms with E-state index >= 15 is 0 Å². The van der Waals surface area contributed by atoms with Crippen LogP contribution in [-0.2, 0) is 6.42 Å². The summed E-state index contributed by atoms with van der Waals surface area (Å²) in [6, 6.07) is 7.54. The fourth-order valence-corrected chi connectivity index (χ4v) is 2.48. The zero-order valence-electron chi connectivity index (χ0n) is 11.2. The topological polar surface area (TPSA) is 24.1 Å². The predicted octanol–water partition coefficient (Wildman–Crippen LogP) is 3.15. The standard InChI is InChI=1S/C15H24N2/c1-11(2)12-5-7-15-13(10-12)4-6-14(17-15)8-9-16-3/h5,7,10-11,14,16-17H,4,6,8-9H2,1-3H3. The Morgan fingerprint density at radius 1 is 1.41 bits per heavy atom. The number of hydrogen-bond acceptors (Lipinski definition) is 2. The van der Waals surface area contributed by atoms with E-state index in [9.17, 15) is 0 Å². The molecule has 1 atom stereocenters. The van der Waals surface area contributed by atoms with Gasteiger partial charge in [0.05, 0.1) is 0 Å². The second-order valence-electron chi connectivity index (χ2n) is 5.34. The van der Waals surface area contributed by atoms with Crippen molar-refractivity contribution in [3.63, 3.8) is 0 Å². The Morgan fingerprint density at radius 3 is 2.94 bits per heavy atom. The van der Waals surface area contributed by atoms with Gasteiger partial charge in [-0.2, -0.15) is 0 Å². The zero-order valence-corrected chi connectivity index (χ0v) is 11.2. The molecule has 0 amide bonds. The minimum Gasteiger partial charge on any atom is -0.382 e. The van der Waals surface area contributed by atoms with Gasteiger partial charge in [0, 0.05) is 11.7 Å². The van der Waals surface area contributed by atoms with E-state index in [2.05, 4.69) is 42.7 Å². The van der Waals surface area contributed by atoms with E-state index in [1.807, 2.05) is 7.05 Å². The normalized spacial score (nSPS) is 18.9. The molecule has 0 saturated heterocycles. The fraction of sp³-hybridized carbons (Fsp3) is 0.600. The van der Waals surface area contributed by atoms with Crippen molar-refractivity contribution in [3.05, 3.63) is 29.3 Å². The average molecular weight is 232 g/mol. The Bertz CT molecular complexity index is 371. The van der Waals surface area contributed by atoms with Gasteiger partial charge in [-0.05, 0) is 56.0 Å². The molecule has 17 heavy (non-hydrogen) atoms. The molecule has 1 aromatic rings. The second kappa shape index (κ2) is 5.54. The summed E-state index contributed by atoms with van der Waals surface area (Å²) in [5, 5.41) is 6.88. The molecule has 1 aromatic carbocycles. The summed E-state index contributed by atoms with van der Waals surface area (Å²) in [4.78, 5) is 0. The highest BCUT2D eigenvalue weighted by molar-refractivity contribution is 5.55. The highest BCUT2D eigenvalue weighted by atomic mass is 14.9. The van der Waals surface area contributed by atoms with E-state index in [1.54, 1.807) is 0 Å². The van der Waals surface area contributed by atoms with Crippen LogP contribution in [-0.4, -0.2) is 19.6 Å². The molecule has 0 bridgehead atoms. The van der Waals surface area contributed by atoms with Crippen LogP contribution in [0, 0.1) is 0 Å². The molecule has 0 aromatic heterocycles. The number of benzene rings is 1. The maximum Gasteiger partial charge on any atom is 0.0375 e. The van der Waals surface area contributed by atoms with Crippen LogP contribution in [0.1, 0.15) is 43.7 Å². The molecule has 1 unspecified atom stereocenters. The Morgan fingerprint density at radius 2 is 2.24 bits per heavy atom. The van der Waals surface area contributed by atoms with Crippen molar-refractivity contribution in [1.82, 2.24) is 5.32 Å². The van der Waals surface area contributed by atoms with Crippen LogP contribution in [0.4, 0.5) is 5.69 Å². The number of rotatable bonds is 4. The minimum atomic E-state index is 0.627. The van der Waals surface area contributed by atoms with E-state index in [4.69, 9.17) is 0 Å². The van der Waals surface area contributed by atoms with Crippen molar-refractivity contribution in [1.29, 1.82) is 0 Å². The molecule has 0 aliphatic carbocycles. The predicted molar refractivity (Wildman–Crippen MR) is 74.8 cm³/mol. The third-order valence-electron chi connectivity index (χ3n) is 3.66. The van der Waals surface area contributed by atoms with Crippen molar-refractivity contribution < 1.29 is 0 Å². The Balaban J connectivity index is 2.06. The van der Waals surface area contributed by atoms with Crippen LogP contribution >= 0.6 is 0 Å². The minimum absolute atomic E-state index is 0.627. The van der Waals surface area contributed by atoms with Gasteiger partial charge in [0.2, 0.25) is 0 Å².